The predicted molar refractivity (Wildman–Crippen MR) is 53.4 cm³/mol. The molecular weight excluding hydrogens is 177 g/mol. The average molecular weight is 191 g/mol. The second kappa shape index (κ2) is 6.82. The fraction of sp³-hybridized carbons (Fsp3) is 0.714. The van der Waals surface area contributed by atoms with Crippen LogP contribution in [0, 0.1) is 12.3 Å². The van der Waals surface area contributed by atoms with Crippen molar-refractivity contribution in [1.82, 2.24) is 5.09 Å². The Labute approximate surface area is 74.3 Å². The van der Waals surface area contributed by atoms with E-state index >= 15 is 0 Å². The van der Waals surface area contributed by atoms with Crippen LogP contribution in [0.5, 0.6) is 0 Å². The van der Waals surface area contributed by atoms with Crippen LogP contribution >= 0.6 is 7.07 Å². The van der Waals surface area contributed by atoms with E-state index in [0.29, 0.717) is 0 Å². The summed E-state index contributed by atoms with van der Waals surface area (Å²) >= 11 is 4.97. The molecule has 11 heavy (non-hydrogen) atoms. The van der Waals surface area contributed by atoms with Crippen molar-refractivity contribution in [3.8, 4) is 12.3 Å². The van der Waals surface area contributed by atoms with E-state index in [-0.39, 0.29) is 6.10 Å². The Hall–Kier alpha value is 0.130. The molecule has 2 atom stereocenters. The number of rotatable bonds is 5. The van der Waals surface area contributed by atoms with Crippen LogP contribution in [0.15, 0.2) is 0 Å². The minimum absolute atomic E-state index is 0.0983. The zero-order valence-corrected chi connectivity index (χ0v) is 8.70. The summed E-state index contributed by atoms with van der Waals surface area (Å²) in [6.07, 6.45) is 7.05. The first kappa shape index (κ1) is 11.1. The van der Waals surface area contributed by atoms with Crippen molar-refractivity contribution in [1.29, 1.82) is 0 Å². The van der Waals surface area contributed by atoms with E-state index in [2.05, 4.69) is 17.9 Å². The number of hydrogen-bond donors (Lipinski definition) is 1. The standard InChI is InChI=1S/C7H14NOPS/c1-4-6-7(5-2)9-10(11)8-3/h2,7,10H,4,6H2,1,3H3,(H,8,11). The highest BCUT2D eigenvalue weighted by Gasteiger charge is 2.03. The molecule has 0 aliphatic rings. The maximum absolute atomic E-state index is 5.36. The zero-order valence-electron chi connectivity index (χ0n) is 6.89. The summed E-state index contributed by atoms with van der Waals surface area (Å²) in [4.78, 5) is 0. The molecule has 0 aromatic carbocycles. The summed E-state index contributed by atoms with van der Waals surface area (Å²) in [7, 11) is 0.522. The Morgan fingerprint density at radius 2 is 2.45 bits per heavy atom. The lowest BCUT2D eigenvalue weighted by molar-refractivity contribution is 0.278. The summed E-state index contributed by atoms with van der Waals surface area (Å²) < 4.78 is 5.36. The van der Waals surface area contributed by atoms with Crippen molar-refractivity contribution < 1.29 is 4.52 Å². The maximum Gasteiger partial charge on any atom is 0.124 e. The molecule has 0 aromatic rings. The topological polar surface area (TPSA) is 21.3 Å². The highest BCUT2D eigenvalue weighted by Crippen LogP contribution is 2.20. The van der Waals surface area contributed by atoms with E-state index in [4.69, 9.17) is 22.8 Å². The third-order valence-corrected chi connectivity index (χ3v) is 3.00. The molecule has 0 bridgehead atoms. The Bertz CT molecular complexity index is 166. The Balaban J connectivity index is 3.70. The molecule has 4 heteroatoms. The van der Waals surface area contributed by atoms with Crippen LogP contribution in [0.1, 0.15) is 19.8 Å². The van der Waals surface area contributed by atoms with Gasteiger partial charge in [-0.25, -0.2) is 0 Å². The molecule has 2 unspecified atom stereocenters. The highest BCUT2D eigenvalue weighted by molar-refractivity contribution is 8.02. The van der Waals surface area contributed by atoms with E-state index in [1.54, 1.807) is 7.05 Å². The van der Waals surface area contributed by atoms with Crippen molar-refractivity contribution in [2.45, 2.75) is 25.9 Å². The van der Waals surface area contributed by atoms with E-state index in [1.165, 1.54) is 0 Å². The molecule has 64 valence electrons. The first-order valence-electron chi connectivity index (χ1n) is 3.59. The molecular formula is C7H14NOPS. The molecule has 2 nitrogen and oxygen atoms in total. The van der Waals surface area contributed by atoms with Gasteiger partial charge in [-0.2, -0.15) is 0 Å². The lowest BCUT2D eigenvalue weighted by atomic mass is 10.2. The third-order valence-electron chi connectivity index (χ3n) is 1.19. The molecule has 0 aliphatic carbocycles. The van der Waals surface area contributed by atoms with Gasteiger partial charge in [0.25, 0.3) is 0 Å². The van der Waals surface area contributed by atoms with Gasteiger partial charge in [-0.15, -0.1) is 6.42 Å². The lowest BCUT2D eigenvalue weighted by Gasteiger charge is -2.11. The van der Waals surface area contributed by atoms with Gasteiger partial charge in [0.2, 0.25) is 0 Å². The van der Waals surface area contributed by atoms with E-state index in [1.807, 2.05) is 0 Å². The van der Waals surface area contributed by atoms with Crippen molar-refractivity contribution in [3.63, 3.8) is 0 Å². The van der Waals surface area contributed by atoms with Crippen LogP contribution in [-0.2, 0) is 16.3 Å². The van der Waals surface area contributed by atoms with E-state index in [0.717, 1.165) is 12.8 Å². The van der Waals surface area contributed by atoms with Gasteiger partial charge in [-0.3, -0.25) is 5.09 Å². The summed E-state index contributed by atoms with van der Waals surface area (Å²) in [5.41, 5.74) is 0. The lowest BCUT2D eigenvalue weighted by Crippen LogP contribution is -2.08. The molecule has 0 fully saturated rings. The minimum Gasteiger partial charge on any atom is -0.324 e. The van der Waals surface area contributed by atoms with Gasteiger partial charge in [-0.05, 0) is 13.5 Å². The third kappa shape index (κ3) is 5.41. The van der Waals surface area contributed by atoms with E-state index in [9.17, 15) is 0 Å². The summed E-state index contributed by atoms with van der Waals surface area (Å²) in [5.74, 6) is 2.56. The molecule has 0 rings (SSSR count). The van der Waals surface area contributed by atoms with Gasteiger partial charge in [-0.1, -0.05) is 31.1 Å². The van der Waals surface area contributed by atoms with Crippen molar-refractivity contribution in [2.75, 3.05) is 7.05 Å². The molecule has 1 N–H and O–H groups in total. The number of nitrogens with one attached hydrogen (secondary N) is 1. The molecule has 0 heterocycles. The van der Waals surface area contributed by atoms with Gasteiger partial charge in [0.05, 0.1) is 0 Å². The van der Waals surface area contributed by atoms with Crippen LogP contribution in [0.4, 0.5) is 0 Å². The Morgan fingerprint density at radius 1 is 1.82 bits per heavy atom. The maximum atomic E-state index is 5.36. The minimum atomic E-state index is -1.27. The SMILES string of the molecule is C#CC(CCC)O[PH](=S)NC. The fourth-order valence-corrected chi connectivity index (χ4v) is 1.54. The van der Waals surface area contributed by atoms with Crippen LogP contribution in [0.3, 0.4) is 0 Å². The van der Waals surface area contributed by atoms with Crippen molar-refractivity contribution in [2.24, 2.45) is 0 Å². The van der Waals surface area contributed by atoms with Gasteiger partial charge in [0.15, 0.2) is 0 Å². The van der Waals surface area contributed by atoms with E-state index < -0.39 is 7.07 Å². The number of terminal acetylenes is 1. The van der Waals surface area contributed by atoms with Crippen LogP contribution < -0.4 is 5.09 Å². The van der Waals surface area contributed by atoms with Gasteiger partial charge in [0, 0.05) is 0 Å². The molecule has 0 spiro atoms. The van der Waals surface area contributed by atoms with Gasteiger partial charge >= 0.3 is 0 Å². The zero-order chi connectivity index (χ0) is 8.69. The average Bonchev–Trinajstić information content (AvgIpc) is 2.03. The first-order chi connectivity index (χ1) is 5.24. The molecule has 0 saturated heterocycles. The Morgan fingerprint density at radius 3 is 2.82 bits per heavy atom. The molecule has 0 radical (unpaired) electrons. The normalized spacial score (nSPS) is 15.4. The second-order valence-electron chi connectivity index (χ2n) is 2.10. The second-order valence-corrected chi connectivity index (χ2v) is 4.52. The molecule has 0 aliphatic heterocycles. The quantitative estimate of drug-likeness (QED) is 0.526. The predicted octanol–water partition coefficient (Wildman–Crippen LogP) is 1.53. The van der Waals surface area contributed by atoms with Gasteiger partial charge < -0.3 is 4.52 Å². The van der Waals surface area contributed by atoms with Crippen molar-refractivity contribution >= 4 is 18.9 Å². The molecule has 0 aromatic heterocycles. The van der Waals surface area contributed by atoms with Gasteiger partial charge in [0.1, 0.15) is 13.2 Å². The monoisotopic (exact) mass is 191 g/mol. The van der Waals surface area contributed by atoms with Crippen LogP contribution in [0.25, 0.3) is 0 Å². The largest absolute Gasteiger partial charge is 0.324 e. The van der Waals surface area contributed by atoms with Crippen molar-refractivity contribution in [3.05, 3.63) is 0 Å². The number of hydrogen-bond acceptors (Lipinski definition) is 2. The molecule has 0 saturated carbocycles. The summed E-state index contributed by atoms with van der Waals surface area (Å²) in [6, 6.07) is 0. The fourth-order valence-electron chi connectivity index (χ4n) is 0.627. The Kier molecular flexibility index (Phi) is 6.90. The summed E-state index contributed by atoms with van der Waals surface area (Å²) in [6.45, 7) is 2.07. The molecule has 0 amide bonds. The van der Waals surface area contributed by atoms with Crippen LogP contribution in [0.2, 0.25) is 0 Å². The first-order valence-corrected chi connectivity index (χ1v) is 6.13. The van der Waals surface area contributed by atoms with Crippen LogP contribution in [-0.4, -0.2) is 13.2 Å². The highest BCUT2D eigenvalue weighted by atomic mass is 32.4. The summed E-state index contributed by atoms with van der Waals surface area (Å²) in [5, 5.41) is 2.89. The smallest absolute Gasteiger partial charge is 0.124 e.